The minimum atomic E-state index is -0.0200. The summed E-state index contributed by atoms with van der Waals surface area (Å²) in [7, 11) is 0. The molecule has 0 aliphatic rings. The van der Waals surface area contributed by atoms with E-state index in [1.165, 1.54) is 0 Å². The Balaban J connectivity index is 3.36. The molecule has 0 atom stereocenters. The van der Waals surface area contributed by atoms with Crippen LogP contribution in [0.4, 0.5) is 0 Å². The van der Waals surface area contributed by atoms with E-state index in [2.05, 4.69) is 9.78 Å². The lowest BCUT2D eigenvalue weighted by Crippen LogP contribution is -2.00. The van der Waals surface area contributed by atoms with Gasteiger partial charge in [-0.25, -0.2) is 9.78 Å². The number of aliphatic hydroxyl groups is 1. The molecule has 0 aromatic carbocycles. The summed E-state index contributed by atoms with van der Waals surface area (Å²) in [4.78, 5) is 18.9. The molecule has 0 rings (SSSR count). The number of hydrogen-bond acceptors (Lipinski definition) is 4. The van der Waals surface area contributed by atoms with Gasteiger partial charge in [0.1, 0.15) is 6.61 Å². The summed E-state index contributed by atoms with van der Waals surface area (Å²) in [5.41, 5.74) is 0.147. The average molecular weight is 146 g/mol. The maximum Gasteiger partial charge on any atom is 0.151 e. The third-order valence-electron chi connectivity index (χ3n) is 0.744. The van der Waals surface area contributed by atoms with Crippen molar-refractivity contribution in [2.75, 3.05) is 13.2 Å². The highest BCUT2D eigenvalue weighted by Gasteiger charge is 1.94. The minimum Gasteiger partial charge on any atom is -0.515 e. The van der Waals surface area contributed by atoms with Crippen molar-refractivity contribution in [3.63, 3.8) is 0 Å². The second kappa shape index (κ2) is 6.25. The van der Waals surface area contributed by atoms with Crippen molar-refractivity contribution in [3.05, 3.63) is 11.8 Å². The van der Waals surface area contributed by atoms with E-state index >= 15 is 0 Å². The summed E-state index contributed by atoms with van der Waals surface area (Å²) >= 11 is 0. The normalized spacial score (nSPS) is 11.5. The largest absolute Gasteiger partial charge is 0.515 e. The van der Waals surface area contributed by atoms with Crippen molar-refractivity contribution >= 4 is 6.29 Å². The molecule has 0 radical (unpaired) electrons. The van der Waals surface area contributed by atoms with Gasteiger partial charge in [0.05, 0.1) is 18.4 Å². The van der Waals surface area contributed by atoms with Crippen LogP contribution in [0, 0.1) is 0 Å². The van der Waals surface area contributed by atoms with Crippen molar-refractivity contribution in [3.8, 4) is 0 Å². The molecule has 0 aliphatic heterocycles. The van der Waals surface area contributed by atoms with Crippen LogP contribution in [-0.2, 0) is 14.6 Å². The van der Waals surface area contributed by atoms with Crippen molar-refractivity contribution in [1.82, 2.24) is 0 Å². The molecule has 0 saturated carbocycles. The summed E-state index contributed by atoms with van der Waals surface area (Å²) in [5, 5.41) is 8.30. The van der Waals surface area contributed by atoms with Crippen molar-refractivity contribution in [2.24, 2.45) is 0 Å². The van der Waals surface area contributed by atoms with Gasteiger partial charge in [-0.05, 0) is 6.92 Å². The zero-order valence-corrected chi connectivity index (χ0v) is 5.74. The van der Waals surface area contributed by atoms with Crippen LogP contribution in [0.25, 0.3) is 0 Å². The SMILES string of the molecule is CCOOC/C(C=O)=C\O. The molecule has 4 nitrogen and oxygen atoms in total. The number of rotatable bonds is 5. The van der Waals surface area contributed by atoms with Gasteiger partial charge in [0, 0.05) is 0 Å². The van der Waals surface area contributed by atoms with E-state index in [0.717, 1.165) is 0 Å². The van der Waals surface area contributed by atoms with E-state index in [4.69, 9.17) is 5.11 Å². The monoisotopic (exact) mass is 146 g/mol. The molecule has 0 spiro atoms. The molecular weight excluding hydrogens is 136 g/mol. The number of aldehydes is 1. The molecule has 10 heavy (non-hydrogen) atoms. The minimum absolute atomic E-state index is 0.0200. The molecule has 0 bridgehead atoms. The van der Waals surface area contributed by atoms with Crippen LogP contribution in [0.15, 0.2) is 11.8 Å². The van der Waals surface area contributed by atoms with Crippen LogP contribution in [-0.4, -0.2) is 24.6 Å². The van der Waals surface area contributed by atoms with Crippen LogP contribution in [0.5, 0.6) is 0 Å². The van der Waals surface area contributed by atoms with E-state index in [0.29, 0.717) is 19.2 Å². The van der Waals surface area contributed by atoms with Crippen molar-refractivity contribution in [2.45, 2.75) is 6.92 Å². The molecule has 0 aliphatic carbocycles. The molecule has 0 amide bonds. The van der Waals surface area contributed by atoms with Gasteiger partial charge in [0.2, 0.25) is 0 Å². The van der Waals surface area contributed by atoms with Gasteiger partial charge in [-0.15, -0.1) is 0 Å². The number of carbonyl (C=O) groups excluding carboxylic acids is 1. The van der Waals surface area contributed by atoms with Gasteiger partial charge >= 0.3 is 0 Å². The predicted molar refractivity (Wildman–Crippen MR) is 34.4 cm³/mol. The topological polar surface area (TPSA) is 55.8 Å². The van der Waals surface area contributed by atoms with Crippen molar-refractivity contribution in [1.29, 1.82) is 0 Å². The third kappa shape index (κ3) is 4.05. The Morgan fingerprint density at radius 3 is 2.70 bits per heavy atom. The number of hydrogen-bond donors (Lipinski definition) is 1. The molecule has 0 fully saturated rings. The van der Waals surface area contributed by atoms with Gasteiger partial charge in [0.25, 0.3) is 0 Å². The van der Waals surface area contributed by atoms with E-state index in [1.54, 1.807) is 6.92 Å². The van der Waals surface area contributed by atoms with Gasteiger partial charge in [0.15, 0.2) is 6.29 Å². The third-order valence-corrected chi connectivity index (χ3v) is 0.744. The lowest BCUT2D eigenvalue weighted by molar-refractivity contribution is -0.284. The summed E-state index contributed by atoms with van der Waals surface area (Å²) in [6, 6.07) is 0. The highest BCUT2D eigenvalue weighted by atomic mass is 17.2. The standard InChI is InChI=1S/C6H10O4/c1-2-9-10-5-6(3-7)4-8/h3-4,7H,2,5H2,1H3/b6-3-. The fraction of sp³-hybridized carbons (Fsp3) is 0.500. The average Bonchev–Trinajstić information content (AvgIpc) is 1.99. The second-order valence-electron chi connectivity index (χ2n) is 1.49. The van der Waals surface area contributed by atoms with Crippen LogP contribution in [0.1, 0.15) is 6.92 Å². The Bertz CT molecular complexity index is 119. The van der Waals surface area contributed by atoms with E-state index in [9.17, 15) is 4.79 Å². The van der Waals surface area contributed by atoms with E-state index in [1.807, 2.05) is 0 Å². The first-order valence-corrected chi connectivity index (χ1v) is 2.88. The zero-order chi connectivity index (χ0) is 7.82. The molecule has 0 heterocycles. The van der Waals surface area contributed by atoms with Gasteiger partial charge < -0.3 is 5.11 Å². The Hall–Kier alpha value is -0.870. The quantitative estimate of drug-likeness (QED) is 0.154. The molecule has 58 valence electrons. The maximum atomic E-state index is 9.97. The molecule has 4 heteroatoms. The molecule has 0 aromatic heterocycles. The van der Waals surface area contributed by atoms with Crippen molar-refractivity contribution < 1.29 is 19.7 Å². The first-order chi connectivity index (χ1) is 4.85. The smallest absolute Gasteiger partial charge is 0.151 e. The van der Waals surface area contributed by atoms with Crippen LogP contribution >= 0.6 is 0 Å². The van der Waals surface area contributed by atoms with Crippen LogP contribution < -0.4 is 0 Å². The summed E-state index contributed by atoms with van der Waals surface area (Å²) in [6.45, 7) is 2.15. The lowest BCUT2D eigenvalue weighted by Gasteiger charge is -1.98. The predicted octanol–water partition coefficient (Wildman–Crippen LogP) is 0.595. The first-order valence-electron chi connectivity index (χ1n) is 2.88. The highest BCUT2D eigenvalue weighted by Crippen LogP contribution is 1.89. The van der Waals surface area contributed by atoms with Gasteiger partial charge in [-0.2, -0.15) is 0 Å². The maximum absolute atomic E-state index is 9.97. The van der Waals surface area contributed by atoms with Crippen LogP contribution in [0.3, 0.4) is 0 Å². The van der Waals surface area contributed by atoms with E-state index in [-0.39, 0.29) is 12.2 Å². The highest BCUT2D eigenvalue weighted by molar-refractivity contribution is 5.72. The Morgan fingerprint density at radius 1 is 1.60 bits per heavy atom. The lowest BCUT2D eigenvalue weighted by atomic mass is 10.4. The summed E-state index contributed by atoms with van der Waals surface area (Å²) < 4.78 is 0. The first kappa shape index (κ1) is 9.13. The van der Waals surface area contributed by atoms with E-state index < -0.39 is 0 Å². The van der Waals surface area contributed by atoms with Gasteiger partial charge in [-0.1, -0.05) is 0 Å². The molecule has 1 N–H and O–H groups in total. The van der Waals surface area contributed by atoms with Gasteiger partial charge in [-0.3, -0.25) is 4.79 Å². The molecule has 0 unspecified atom stereocenters. The fourth-order valence-electron chi connectivity index (χ4n) is 0.295. The van der Waals surface area contributed by atoms with Crippen LogP contribution in [0.2, 0.25) is 0 Å². The Morgan fingerprint density at radius 2 is 2.30 bits per heavy atom. The Labute approximate surface area is 59.0 Å². The summed E-state index contributed by atoms with van der Waals surface area (Å²) in [5.74, 6) is 0. The fourth-order valence-corrected chi connectivity index (χ4v) is 0.295. The zero-order valence-electron chi connectivity index (χ0n) is 5.74. The Kier molecular flexibility index (Phi) is 5.71. The summed E-state index contributed by atoms with van der Waals surface area (Å²) in [6.07, 6.45) is 1.19. The molecule has 0 saturated heterocycles. The molecular formula is C6H10O4. The second-order valence-corrected chi connectivity index (χ2v) is 1.49. The number of aliphatic hydroxyl groups excluding tert-OH is 1. The molecule has 0 aromatic rings. The number of carbonyl (C=O) groups is 1.